The fraction of sp³-hybridized carbons (Fsp3) is 0. The molecule has 3 aromatic rings. The molecule has 0 heterocycles. The van der Waals surface area contributed by atoms with Gasteiger partial charge in [-0.1, -0.05) is 78.3 Å². The lowest BCUT2D eigenvalue weighted by atomic mass is 10.0. The molecule has 3 rings (SSSR count). The lowest BCUT2D eigenvalue weighted by molar-refractivity contribution is 1.35. The number of para-hydroxylation sites is 1. The van der Waals surface area contributed by atoms with Gasteiger partial charge in [-0.2, -0.15) is 5.10 Å². The second kappa shape index (κ2) is 6.92. The second-order valence-corrected chi connectivity index (χ2v) is 5.25. The fourth-order valence-corrected chi connectivity index (χ4v) is 2.30. The summed E-state index contributed by atoms with van der Waals surface area (Å²) in [4.78, 5) is 0. The zero-order chi connectivity index (χ0) is 15.2. The van der Waals surface area contributed by atoms with Gasteiger partial charge in [0.05, 0.1) is 16.9 Å². The number of anilines is 1. The van der Waals surface area contributed by atoms with E-state index >= 15 is 0 Å². The lowest BCUT2D eigenvalue weighted by Gasteiger charge is -2.03. The van der Waals surface area contributed by atoms with Crippen LogP contribution in [-0.4, -0.2) is 6.21 Å². The number of halogens is 1. The molecule has 22 heavy (non-hydrogen) atoms. The Hall–Kier alpha value is -2.58. The first-order chi connectivity index (χ1) is 10.8. The second-order valence-electron chi connectivity index (χ2n) is 4.84. The van der Waals surface area contributed by atoms with Gasteiger partial charge in [0.1, 0.15) is 0 Å². The molecule has 108 valence electrons. The summed E-state index contributed by atoms with van der Waals surface area (Å²) in [5, 5.41) is 4.87. The van der Waals surface area contributed by atoms with E-state index < -0.39 is 0 Å². The van der Waals surface area contributed by atoms with Crippen LogP contribution in [-0.2, 0) is 0 Å². The highest BCUT2D eigenvalue weighted by molar-refractivity contribution is 6.33. The molecule has 0 radical (unpaired) electrons. The smallest absolute Gasteiger partial charge is 0.0748 e. The Morgan fingerprint density at radius 3 is 2.09 bits per heavy atom. The largest absolute Gasteiger partial charge is 0.277 e. The number of hydrazone groups is 1. The Balaban J connectivity index is 1.69. The van der Waals surface area contributed by atoms with Gasteiger partial charge in [0.15, 0.2) is 0 Å². The molecule has 0 saturated heterocycles. The van der Waals surface area contributed by atoms with Crippen LogP contribution >= 0.6 is 11.6 Å². The van der Waals surface area contributed by atoms with Gasteiger partial charge in [-0.05, 0) is 28.8 Å². The van der Waals surface area contributed by atoms with Crippen LogP contribution in [0.5, 0.6) is 0 Å². The monoisotopic (exact) mass is 306 g/mol. The topological polar surface area (TPSA) is 24.4 Å². The molecule has 0 unspecified atom stereocenters. The Morgan fingerprint density at radius 1 is 0.727 bits per heavy atom. The van der Waals surface area contributed by atoms with E-state index in [9.17, 15) is 0 Å². The average Bonchev–Trinajstić information content (AvgIpc) is 2.58. The fourth-order valence-electron chi connectivity index (χ4n) is 2.12. The molecule has 2 nitrogen and oxygen atoms in total. The van der Waals surface area contributed by atoms with Crippen molar-refractivity contribution in [2.24, 2.45) is 5.10 Å². The minimum atomic E-state index is 0.652. The highest BCUT2D eigenvalue weighted by Gasteiger charge is 1.97. The molecule has 3 aromatic carbocycles. The first-order valence-electron chi connectivity index (χ1n) is 7.02. The zero-order valence-electron chi connectivity index (χ0n) is 11.9. The molecule has 0 saturated carbocycles. The molecule has 0 bridgehead atoms. The van der Waals surface area contributed by atoms with Gasteiger partial charge in [0, 0.05) is 0 Å². The zero-order valence-corrected chi connectivity index (χ0v) is 12.7. The van der Waals surface area contributed by atoms with Gasteiger partial charge in [-0.15, -0.1) is 0 Å². The maximum atomic E-state index is 6.06. The van der Waals surface area contributed by atoms with Crippen LogP contribution < -0.4 is 5.43 Å². The van der Waals surface area contributed by atoms with Crippen molar-refractivity contribution in [2.75, 3.05) is 5.43 Å². The van der Waals surface area contributed by atoms with Crippen molar-refractivity contribution >= 4 is 23.5 Å². The van der Waals surface area contributed by atoms with Crippen molar-refractivity contribution in [1.29, 1.82) is 0 Å². The number of benzene rings is 3. The van der Waals surface area contributed by atoms with Crippen LogP contribution in [0.15, 0.2) is 84.0 Å². The molecule has 0 aromatic heterocycles. The highest BCUT2D eigenvalue weighted by atomic mass is 35.5. The van der Waals surface area contributed by atoms with Crippen LogP contribution in [0, 0.1) is 0 Å². The van der Waals surface area contributed by atoms with Crippen molar-refractivity contribution < 1.29 is 0 Å². The summed E-state index contributed by atoms with van der Waals surface area (Å²) in [5.41, 5.74) is 7.17. The van der Waals surface area contributed by atoms with E-state index in [0.717, 1.165) is 11.3 Å². The predicted octanol–water partition coefficient (Wildman–Crippen LogP) is 5.45. The van der Waals surface area contributed by atoms with Crippen molar-refractivity contribution in [3.05, 3.63) is 89.4 Å². The summed E-state index contributed by atoms with van der Waals surface area (Å²) >= 11 is 6.06. The van der Waals surface area contributed by atoms with Gasteiger partial charge in [0.25, 0.3) is 0 Å². The molecule has 0 aliphatic rings. The molecule has 0 amide bonds. The summed E-state index contributed by atoms with van der Waals surface area (Å²) in [6.07, 6.45) is 1.78. The molecule has 0 spiro atoms. The lowest BCUT2D eigenvalue weighted by Crippen LogP contribution is -1.91. The van der Waals surface area contributed by atoms with E-state index in [1.54, 1.807) is 6.21 Å². The number of rotatable bonds is 4. The molecule has 0 aliphatic heterocycles. The summed E-state index contributed by atoms with van der Waals surface area (Å²) < 4.78 is 0. The van der Waals surface area contributed by atoms with Crippen LogP contribution in [0.25, 0.3) is 11.1 Å². The van der Waals surface area contributed by atoms with E-state index in [-0.39, 0.29) is 0 Å². The van der Waals surface area contributed by atoms with Gasteiger partial charge in [0.2, 0.25) is 0 Å². The molecule has 0 aliphatic carbocycles. The molecule has 0 atom stereocenters. The van der Waals surface area contributed by atoms with Crippen molar-refractivity contribution in [3.8, 4) is 11.1 Å². The van der Waals surface area contributed by atoms with Crippen molar-refractivity contribution in [2.45, 2.75) is 0 Å². The van der Waals surface area contributed by atoms with Gasteiger partial charge >= 0.3 is 0 Å². The van der Waals surface area contributed by atoms with E-state index in [0.29, 0.717) is 5.02 Å². The van der Waals surface area contributed by atoms with Crippen molar-refractivity contribution in [3.63, 3.8) is 0 Å². The summed E-state index contributed by atoms with van der Waals surface area (Å²) in [7, 11) is 0. The number of nitrogens with zero attached hydrogens (tertiary/aromatic N) is 1. The Bertz CT molecular complexity index is 765. The Morgan fingerprint density at radius 2 is 1.36 bits per heavy atom. The van der Waals surface area contributed by atoms with E-state index in [1.165, 1.54) is 11.1 Å². The first kappa shape index (κ1) is 14.4. The van der Waals surface area contributed by atoms with E-state index in [1.807, 2.05) is 54.6 Å². The van der Waals surface area contributed by atoms with E-state index in [2.05, 4.69) is 34.8 Å². The third-order valence-electron chi connectivity index (χ3n) is 3.29. The quantitative estimate of drug-likeness (QED) is 0.503. The third-order valence-corrected chi connectivity index (χ3v) is 3.62. The third kappa shape index (κ3) is 3.54. The van der Waals surface area contributed by atoms with Gasteiger partial charge in [-0.25, -0.2) is 0 Å². The van der Waals surface area contributed by atoms with Crippen LogP contribution in [0.3, 0.4) is 0 Å². The van der Waals surface area contributed by atoms with Gasteiger partial charge < -0.3 is 0 Å². The Labute approximate surface area is 135 Å². The van der Waals surface area contributed by atoms with Crippen molar-refractivity contribution in [1.82, 2.24) is 0 Å². The van der Waals surface area contributed by atoms with Gasteiger partial charge in [-0.3, -0.25) is 5.43 Å². The molecular weight excluding hydrogens is 292 g/mol. The molecular formula is C19H15ClN2. The van der Waals surface area contributed by atoms with E-state index in [4.69, 9.17) is 11.6 Å². The normalized spacial score (nSPS) is 10.8. The number of nitrogens with one attached hydrogen (secondary N) is 1. The summed E-state index contributed by atoms with van der Waals surface area (Å²) in [5.74, 6) is 0. The number of hydrogen-bond acceptors (Lipinski definition) is 2. The first-order valence-corrected chi connectivity index (χ1v) is 7.40. The van der Waals surface area contributed by atoms with Crippen LogP contribution in [0.4, 0.5) is 5.69 Å². The standard InChI is InChI=1S/C19H15ClN2/c20-18-8-4-5-9-19(18)22-21-14-15-10-12-17(13-11-15)16-6-2-1-3-7-16/h1-14,22H/b21-14-. The minimum Gasteiger partial charge on any atom is -0.277 e. The maximum absolute atomic E-state index is 6.06. The summed E-state index contributed by atoms with van der Waals surface area (Å²) in [6, 6.07) is 26.1. The van der Waals surface area contributed by atoms with Crippen LogP contribution in [0.1, 0.15) is 5.56 Å². The SMILES string of the molecule is Clc1ccccc1N/N=C\c1ccc(-c2ccccc2)cc1. The Kier molecular flexibility index (Phi) is 4.52. The number of hydrogen-bond donors (Lipinski definition) is 1. The average molecular weight is 307 g/mol. The summed E-state index contributed by atoms with van der Waals surface area (Å²) in [6.45, 7) is 0. The van der Waals surface area contributed by atoms with Crippen LogP contribution in [0.2, 0.25) is 5.02 Å². The molecule has 3 heteroatoms. The minimum absolute atomic E-state index is 0.652. The maximum Gasteiger partial charge on any atom is 0.0748 e. The highest BCUT2D eigenvalue weighted by Crippen LogP contribution is 2.21. The predicted molar refractivity (Wildman–Crippen MR) is 94.5 cm³/mol. The molecule has 1 N–H and O–H groups in total. The molecule has 0 fully saturated rings.